The minimum absolute atomic E-state index is 0.103. The molecule has 2 aromatic carbocycles. The molecule has 7 nitrogen and oxygen atoms in total. The summed E-state index contributed by atoms with van der Waals surface area (Å²) in [6.45, 7) is 12.8. The molecule has 3 rings (SSSR count). The number of nitrogens with zero attached hydrogens (tertiary/aromatic N) is 3. The lowest BCUT2D eigenvalue weighted by molar-refractivity contribution is -0.113. The van der Waals surface area contributed by atoms with Crippen LogP contribution in [0, 0.1) is 26.7 Å². The zero-order valence-corrected chi connectivity index (χ0v) is 21.5. The van der Waals surface area contributed by atoms with E-state index in [0.717, 1.165) is 16.8 Å². The van der Waals surface area contributed by atoms with Crippen molar-refractivity contribution in [3.05, 3.63) is 70.5 Å². The smallest absolute Gasteiger partial charge is 0.251 e. The van der Waals surface area contributed by atoms with Gasteiger partial charge in [-0.1, -0.05) is 49.4 Å². The van der Waals surface area contributed by atoms with Crippen molar-refractivity contribution < 1.29 is 9.59 Å². The first kappa shape index (κ1) is 25.5. The summed E-state index contributed by atoms with van der Waals surface area (Å²) in [6.07, 6.45) is 0. The van der Waals surface area contributed by atoms with Gasteiger partial charge < -0.3 is 15.2 Å². The lowest BCUT2D eigenvalue weighted by Gasteiger charge is -2.22. The van der Waals surface area contributed by atoms with Crippen molar-refractivity contribution in [2.24, 2.45) is 5.92 Å². The van der Waals surface area contributed by atoms with Gasteiger partial charge in [-0.05, 0) is 69.0 Å². The van der Waals surface area contributed by atoms with Gasteiger partial charge in [0, 0.05) is 17.8 Å². The van der Waals surface area contributed by atoms with E-state index in [1.165, 1.54) is 17.3 Å². The fourth-order valence-corrected chi connectivity index (χ4v) is 4.35. The number of hydrogen-bond donors (Lipinski definition) is 2. The molecule has 0 saturated heterocycles. The van der Waals surface area contributed by atoms with Gasteiger partial charge in [0.25, 0.3) is 5.91 Å². The molecule has 0 aliphatic heterocycles. The first-order valence-electron chi connectivity index (χ1n) is 11.5. The van der Waals surface area contributed by atoms with Gasteiger partial charge in [-0.25, -0.2) is 0 Å². The predicted octanol–water partition coefficient (Wildman–Crippen LogP) is 5.08. The number of benzene rings is 2. The summed E-state index contributed by atoms with van der Waals surface area (Å²) < 4.78 is 1.97. The Kier molecular flexibility index (Phi) is 8.50. The number of aryl methyl sites for hydroxylation is 3. The summed E-state index contributed by atoms with van der Waals surface area (Å²) in [5.74, 6) is 0.761. The molecule has 0 unspecified atom stereocenters. The minimum Gasteiger partial charge on any atom is -0.342 e. The van der Waals surface area contributed by atoms with Gasteiger partial charge in [0.05, 0.1) is 11.8 Å². The van der Waals surface area contributed by atoms with Crippen LogP contribution in [0.2, 0.25) is 0 Å². The molecule has 8 heteroatoms. The van der Waals surface area contributed by atoms with E-state index < -0.39 is 0 Å². The number of hydrogen-bond acceptors (Lipinski definition) is 5. The largest absolute Gasteiger partial charge is 0.342 e. The highest BCUT2D eigenvalue weighted by Gasteiger charge is 2.26. The molecule has 1 heterocycles. The average Bonchev–Trinajstić information content (AvgIpc) is 3.21. The van der Waals surface area contributed by atoms with Crippen molar-refractivity contribution in [2.45, 2.75) is 59.3 Å². The molecule has 0 aliphatic rings. The highest BCUT2D eigenvalue weighted by molar-refractivity contribution is 7.99. The summed E-state index contributed by atoms with van der Waals surface area (Å²) in [4.78, 5) is 25.4. The van der Waals surface area contributed by atoms with E-state index in [1.807, 2.05) is 88.6 Å². The van der Waals surface area contributed by atoms with Crippen LogP contribution in [0.3, 0.4) is 0 Å². The topological polar surface area (TPSA) is 88.9 Å². The third kappa shape index (κ3) is 6.26. The van der Waals surface area contributed by atoms with E-state index in [9.17, 15) is 9.59 Å². The maximum absolute atomic E-state index is 12.9. The Labute approximate surface area is 205 Å². The Hall–Kier alpha value is -3.13. The second kappa shape index (κ2) is 11.3. The molecule has 0 radical (unpaired) electrons. The lowest BCUT2D eigenvalue weighted by atomic mass is 10.0. The van der Waals surface area contributed by atoms with Gasteiger partial charge in [0.2, 0.25) is 5.91 Å². The number of thioether (sulfide) groups is 1. The molecule has 0 aliphatic carbocycles. The third-order valence-corrected chi connectivity index (χ3v) is 6.70. The minimum atomic E-state index is -0.306. The van der Waals surface area contributed by atoms with Crippen LogP contribution in [0.25, 0.3) is 0 Å². The molecule has 2 amide bonds. The number of rotatable bonds is 9. The maximum atomic E-state index is 12.9. The van der Waals surface area contributed by atoms with Crippen LogP contribution < -0.4 is 10.6 Å². The van der Waals surface area contributed by atoms with E-state index in [2.05, 4.69) is 20.8 Å². The van der Waals surface area contributed by atoms with E-state index in [4.69, 9.17) is 0 Å². The summed E-state index contributed by atoms with van der Waals surface area (Å²) in [7, 11) is 0. The first-order chi connectivity index (χ1) is 16.2. The van der Waals surface area contributed by atoms with Crippen molar-refractivity contribution >= 4 is 29.3 Å². The van der Waals surface area contributed by atoms with E-state index in [0.29, 0.717) is 23.1 Å². The predicted molar refractivity (Wildman–Crippen MR) is 137 cm³/mol. The molecule has 180 valence electrons. The van der Waals surface area contributed by atoms with Crippen molar-refractivity contribution in [1.29, 1.82) is 0 Å². The number of aromatic nitrogens is 3. The normalized spacial score (nSPS) is 12.0. The lowest BCUT2D eigenvalue weighted by Crippen LogP contribution is -2.33. The molecule has 0 fully saturated rings. The molecular weight excluding hydrogens is 446 g/mol. The van der Waals surface area contributed by atoms with E-state index >= 15 is 0 Å². The van der Waals surface area contributed by atoms with Crippen LogP contribution >= 0.6 is 11.8 Å². The number of carbonyl (C=O) groups excluding carboxylic acids is 2. The van der Waals surface area contributed by atoms with Crippen LogP contribution in [0.1, 0.15) is 59.7 Å². The molecule has 3 aromatic rings. The second-order valence-electron chi connectivity index (χ2n) is 8.78. The summed E-state index contributed by atoms with van der Waals surface area (Å²) in [5, 5.41) is 15.4. The molecular formula is C26H33N5O2S. The Morgan fingerprint density at radius 3 is 2.32 bits per heavy atom. The van der Waals surface area contributed by atoms with E-state index in [1.54, 1.807) is 0 Å². The summed E-state index contributed by atoms with van der Waals surface area (Å²) >= 11 is 1.34. The Morgan fingerprint density at radius 2 is 1.71 bits per heavy atom. The van der Waals surface area contributed by atoms with Crippen LogP contribution in [0.4, 0.5) is 5.69 Å². The first-order valence-corrected chi connectivity index (χ1v) is 12.5. The van der Waals surface area contributed by atoms with Gasteiger partial charge in [0.15, 0.2) is 11.0 Å². The van der Waals surface area contributed by atoms with Crippen molar-refractivity contribution in [1.82, 2.24) is 20.1 Å². The molecule has 0 spiro atoms. The number of anilines is 1. The SMILES string of the molecule is CCn1c(SCC(=O)Nc2ccc(C)c(C)c2)nnc1[C@@H](NC(=O)c1ccc(C)cc1)C(C)C. The molecule has 1 aromatic heterocycles. The molecule has 0 saturated carbocycles. The van der Waals surface area contributed by atoms with Gasteiger partial charge in [0.1, 0.15) is 0 Å². The van der Waals surface area contributed by atoms with Crippen LogP contribution in [0.5, 0.6) is 0 Å². The third-order valence-electron chi connectivity index (χ3n) is 5.73. The number of nitrogens with one attached hydrogen (secondary N) is 2. The van der Waals surface area contributed by atoms with Crippen molar-refractivity contribution in [3.8, 4) is 0 Å². The Morgan fingerprint density at radius 1 is 1.00 bits per heavy atom. The van der Waals surface area contributed by atoms with Crippen molar-refractivity contribution in [2.75, 3.05) is 11.1 Å². The molecule has 1 atom stereocenters. The standard InChI is InChI=1S/C26H33N5O2S/c1-7-31-24(23(16(2)3)28-25(33)20-11-8-17(4)9-12-20)29-30-26(31)34-15-22(32)27-21-13-10-18(5)19(6)14-21/h8-14,16,23H,7,15H2,1-6H3,(H,27,32)(H,28,33)/t23-/m0/s1. The van der Waals surface area contributed by atoms with Gasteiger partial charge >= 0.3 is 0 Å². The average molecular weight is 480 g/mol. The van der Waals surface area contributed by atoms with Crippen LogP contribution in [-0.4, -0.2) is 32.3 Å². The van der Waals surface area contributed by atoms with Gasteiger partial charge in [-0.3, -0.25) is 9.59 Å². The van der Waals surface area contributed by atoms with Gasteiger partial charge in [-0.2, -0.15) is 0 Å². The highest BCUT2D eigenvalue weighted by Crippen LogP contribution is 2.26. The molecule has 34 heavy (non-hydrogen) atoms. The Bertz CT molecular complexity index is 1150. The van der Waals surface area contributed by atoms with Crippen LogP contribution in [0.15, 0.2) is 47.6 Å². The molecule has 0 bridgehead atoms. The maximum Gasteiger partial charge on any atom is 0.251 e. The van der Waals surface area contributed by atoms with Gasteiger partial charge in [-0.15, -0.1) is 10.2 Å². The second-order valence-corrected chi connectivity index (χ2v) is 9.72. The Balaban J connectivity index is 1.70. The molecule has 2 N–H and O–H groups in total. The zero-order chi connectivity index (χ0) is 24.8. The monoisotopic (exact) mass is 479 g/mol. The van der Waals surface area contributed by atoms with Crippen LogP contribution in [-0.2, 0) is 11.3 Å². The summed E-state index contributed by atoms with van der Waals surface area (Å²) in [6, 6.07) is 13.0. The van der Waals surface area contributed by atoms with Crippen molar-refractivity contribution in [3.63, 3.8) is 0 Å². The van der Waals surface area contributed by atoms with E-state index in [-0.39, 0.29) is 29.5 Å². The fraction of sp³-hybridized carbons (Fsp3) is 0.385. The quantitative estimate of drug-likeness (QED) is 0.418. The number of carbonyl (C=O) groups is 2. The highest BCUT2D eigenvalue weighted by atomic mass is 32.2. The number of amides is 2. The zero-order valence-electron chi connectivity index (χ0n) is 20.7. The summed E-state index contributed by atoms with van der Waals surface area (Å²) in [5.41, 5.74) is 4.81. The fourth-order valence-electron chi connectivity index (χ4n) is 3.54.